The lowest BCUT2D eigenvalue weighted by Crippen LogP contribution is -2.34. The molecule has 1 aliphatic heterocycles. The van der Waals surface area contributed by atoms with E-state index in [1.165, 1.54) is 0 Å². The minimum atomic E-state index is -0.371. The molecule has 2 aromatic rings. The maximum atomic E-state index is 12.6. The number of likely N-dealkylation sites (tertiary alicyclic amines) is 1. The molecule has 21 heavy (non-hydrogen) atoms. The van der Waals surface area contributed by atoms with Crippen LogP contribution in [0.5, 0.6) is 0 Å². The number of carbonyl (C=O) groups excluding carboxylic acids is 1. The van der Waals surface area contributed by atoms with Gasteiger partial charge in [0, 0.05) is 31.0 Å². The zero-order chi connectivity index (χ0) is 14.8. The SMILES string of the molecule is CC(C(=O)N1CCCC1)n1c(-c2cccnc2)n[nH]c1=S. The van der Waals surface area contributed by atoms with Crippen molar-refractivity contribution in [1.29, 1.82) is 0 Å². The largest absolute Gasteiger partial charge is 0.341 e. The summed E-state index contributed by atoms with van der Waals surface area (Å²) in [6.07, 6.45) is 5.57. The molecule has 0 aromatic carbocycles. The van der Waals surface area contributed by atoms with Crippen LogP contribution in [0.3, 0.4) is 0 Å². The van der Waals surface area contributed by atoms with Crippen molar-refractivity contribution in [3.05, 3.63) is 29.3 Å². The van der Waals surface area contributed by atoms with Crippen LogP contribution in [0.4, 0.5) is 0 Å². The van der Waals surface area contributed by atoms with Gasteiger partial charge in [-0.2, -0.15) is 5.10 Å². The number of carbonyl (C=O) groups is 1. The normalized spacial score (nSPS) is 16.1. The number of H-pyrrole nitrogens is 1. The molecule has 1 fully saturated rings. The first kappa shape index (κ1) is 13.9. The molecule has 3 rings (SSSR count). The summed E-state index contributed by atoms with van der Waals surface area (Å²) in [4.78, 5) is 18.6. The molecule has 1 unspecified atom stereocenters. The second-order valence-electron chi connectivity index (χ2n) is 5.17. The van der Waals surface area contributed by atoms with Crippen molar-refractivity contribution in [3.63, 3.8) is 0 Å². The number of hydrogen-bond donors (Lipinski definition) is 1. The monoisotopic (exact) mass is 303 g/mol. The predicted octanol–water partition coefficient (Wildman–Crippen LogP) is 2.19. The van der Waals surface area contributed by atoms with Crippen LogP contribution in [-0.4, -0.2) is 43.6 Å². The van der Waals surface area contributed by atoms with Gasteiger partial charge in [0.2, 0.25) is 5.91 Å². The Hall–Kier alpha value is -2.02. The van der Waals surface area contributed by atoms with Crippen LogP contribution < -0.4 is 0 Å². The molecular weight excluding hydrogens is 286 g/mol. The van der Waals surface area contributed by atoms with E-state index in [0.717, 1.165) is 31.5 Å². The average molecular weight is 303 g/mol. The highest BCUT2D eigenvalue weighted by atomic mass is 32.1. The van der Waals surface area contributed by atoms with Gasteiger partial charge in [-0.15, -0.1) is 0 Å². The summed E-state index contributed by atoms with van der Waals surface area (Å²) < 4.78 is 2.22. The standard InChI is InChI=1S/C14H17N5OS/c1-10(13(20)18-7-2-3-8-18)19-12(16-17-14(19)21)11-5-4-6-15-9-11/h4-6,9-10H,2-3,7-8H2,1H3,(H,17,21). The van der Waals surface area contributed by atoms with Gasteiger partial charge in [0.1, 0.15) is 6.04 Å². The Morgan fingerprint density at radius 2 is 2.19 bits per heavy atom. The molecule has 1 amide bonds. The molecule has 7 heteroatoms. The summed E-state index contributed by atoms with van der Waals surface area (Å²) in [5.41, 5.74) is 0.839. The van der Waals surface area contributed by atoms with E-state index < -0.39 is 0 Å². The third-order valence-electron chi connectivity index (χ3n) is 3.79. The maximum absolute atomic E-state index is 12.6. The van der Waals surface area contributed by atoms with Crippen molar-refractivity contribution in [2.75, 3.05) is 13.1 Å². The molecule has 0 spiro atoms. The number of rotatable bonds is 3. The van der Waals surface area contributed by atoms with Crippen LogP contribution in [0, 0.1) is 4.77 Å². The zero-order valence-corrected chi connectivity index (χ0v) is 12.6. The molecule has 3 heterocycles. The Morgan fingerprint density at radius 1 is 1.43 bits per heavy atom. The third-order valence-corrected chi connectivity index (χ3v) is 4.07. The van der Waals surface area contributed by atoms with Gasteiger partial charge in [-0.25, -0.2) is 0 Å². The second-order valence-corrected chi connectivity index (χ2v) is 5.56. The third kappa shape index (κ3) is 2.61. The second kappa shape index (κ2) is 5.77. The lowest BCUT2D eigenvalue weighted by Gasteiger charge is -2.22. The summed E-state index contributed by atoms with van der Waals surface area (Å²) in [5, 5.41) is 7.03. The van der Waals surface area contributed by atoms with E-state index >= 15 is 0 Å². The van der Waals surface area contributed by atoms with Crippen molar-refractivity contribution in [2.45, 2.75) is 25.8 Å². The number of nitrogens with zero attached hydrogens (tertiary/aromatic N) is 4. The van der Waals surface area contributed by atoms with E-state index in [2.05, 4.69) is 15.2 Å². The van der Waals surface area contributed by atoms with Crippen molar-refractivity contribution in [1.82, 2.24) is 24.6 Å². The molecule has 1 aliphatic rings. The van der Waals surface area contributed by atoms with Crippen LogP contribution in [0.2, 0.25) is 0 Å². The van der Waals surface area contributed by atoms with Gasteiger partial charge >= 0.3 is 0 Å². The van der Waals surface area contributed by atoms with Gasteiger partial charge in [-0.1, -0.05) is 0 Å². The summed E-state index contributed by atoms with van der Waals surface area (Å²) in [6.45, 7) is 3.53. The fourth-order valence-electron chi connectivity index (χ4n) is 2.67. The Balaban J connectivity index is 1.96. The van der Waals surface area contributed by atoms with Crippen molar-refractivity contribution in [3.8, 4) is 11.4 Å². The summed E-state index contributed by atoms with van der Waals surface area (Å²) in [7, 11) is 0. The van der Waals surface area contributed by atoms with Crippen molar-refractivity contribution >= 4 is 18.1 Å². The van der Waals surface area contributed by atoms with Crippen LogP contribution in [-0.2, 0) is 4.79 Å². The van der Waals surface area contributed by atoms with E-state index in [9.17, 15) is 4.79 Å². The summed E-state index contributed by atoms with van der Waals surface area (Å²) in [6, 6.07) is 3.37. The topological polar surface area (TPSA) is 66.8 Å². The maximum Gasteiger partial charge on any atom is 0.245 e. The number of hydrogen-bond acceptors (Lipinski definition) is 4. The molecule has 110 valence electrons. The zero-order valence-electron chi connectivity index (χ0n) is 11.8. The molecule has 0 saturated carbocycles. The van der Waals surface area contributed by atoms with Crippen molar-refractivity contribution in [2.24, 2.45) is 0 Å². The quantitative estimate of drug-likeness (QED) is 0.883. The molecule has 0 radical (unpaired) electrons. The Morgan fingerprint density at radius 3 is 2.86 bits per heavy atom. The Labute approximate surface area is 127 Å². The highest BCUT2D eigenvalue weighted by molar-refractivity contribution is 7.71. The van der Waals surface area contributed by atoms with Gasteiger partial charge in [-0.3, -0.25) is 19.4 Å². The highest BCUT2D eigenvalue weighted by Gasteiger charge is 2.27. The molecule has 1 saturated heterocycles. The molecule has 2 aromatic heterocycles. The van der Waals surface area contributed by atoms with E-state index in [4.69, 9.17) is 12.2 Å². The van der Waals surface area contributed by atoms with E-state index in [-0.39, 0.29) is 11.9 Å². The first-order valence-corrected chi connectivity index (χ1v) is 7.45. The molecule has 1 atom stereocenters. The minimum Gasteiger partial charge on any atom is -0.341 e. The van der Waals surface area contributed by atoms with Gasteiger partial charge in [0.05, 0.1) is 0 Å². The van der Waals surface area contributed by atoms with Crippen LogP contribution in [0.1, 0.15) is 25.8 Å². The van der Waals surface area contributed by atoms with E-state index in [1.807, 2.05) is 24.0 Å². The summed E-state index contributed by atoms with van der Waals surface area (Å²) >= 11 is 5.30. The molecule has 1 N–H and O–H groups in total. The van der Waals surface area contributed by atoms with Crippen LogP contribution in [0.25, 0.3) is 11.4 Å². The smallest absolute Gasteiger partial charge is 0.245 e. The van der Waals surface area contributed by atoms with Gasteiger partial charge < -0.3 is 4.90 Å². The van der Waals surface area contributed by atoms with E-state index in [1.54, 1.807) is 17.0 Å². The lowest BCUT2D eigenvalue weighted by molar-refractivity contribution is -0.133. The fraction of sp³-hybridized carbons (Fsp3) is 0.429. The first-order valence-electron chi connectivity index (χ1n) is 7.04. The molecule has 0 bridgehead atoms. The minimum absolute atomic E-state index is 0.0927. The number of aromatic amines is 1. The highest BCUT2D eigenvalue weighted by Crippen LogP contribution is 2.23. The molecule has 6 nitrogen and oxygen atoms in total. The Kier molecular flexibility index (Phi) is 3.83. The summed E-state index contributed by atoms with van der Waals surface area (Å²) in [5.74, 6) is 0.739. The lowest BCUT2D eigenvalue weighted by atomic mass is 10.2. The number of amides is 1. The van der Waals surface area contributed by atoms with Gasteiger partial charge in [0.25, 0.3) is 0 Å². The van der Waals surface area contributed by atoms with Gasteiger partial charge in [-0.05, 0) is 44.1 Å². The molecule has 0 aliphatic carbocycles. The predicted molar refractivity (Wildman–Crippen MR) is 81.2 cm³/mol. The van der Waals surface area contributed by atoms with Gasteiger partial charge in [0.15, 0.2) is 10.6 Å². The number of aromatic nitrogens is 4. The number of pyridine rings is 1. The fourth-order valence-corrected chi connectivity index (χ4v) is 2.97. The van der Waals surface area contributed by atoms with E-state index in [0.29, 0.717) is 10.6 Å². The first-order chi connectivity index (χ1) is 10.2. The Bertz CT molecular complexity index is 687. The average Bonchev–Trinajstić information content (AvgIpc) is 3.16. The molecular formula is C14H17N5OS. The number of nitrogens with one attached hydrogen (secondary N) is 1. The van der Waals surface area contributed by atoms with Crippen LogP contribution >= 0.6 is 12.2 Å². The van der Waals surface area contributed by atoms with Crippen molar-refractivity contribution < 1.29 is 4.79 Å². The van der Waals surface area contributed by atoms with Crippen LogP contribution in [0.15, 0.2) is 24.5 Å².